The molecule has 0 aliphatic rings. The van der Waals surface area contributed by atoms with Crippen molar-refractivity contribution in [1.29, 1.82) is 0 Å². The molecule has 2 aromatic heterocycles. The second kappa shape index (κ2) is 10.0. The van der Waals surface area contributed by atoms with Crippen molar-refractivity contribution in [1.82, 2.24) is 5.32 Å². The maximum absolute atomic E-state index is 12.6. The minimum atomic E-state index is -0.246. The van der Waals surface area contributed by atoms with Gasteiger partial charge in [0, 0.05) is 4.90 Å². The van der Waals surface area contributed by atoms with E-state index < -0.39 is 0 Å². The van der Waals surface area contributed by atoms with Crippen LogP contribution < -0.4 is 5.32 Å². The molecule has 1 N–H and O–H groups in total. The molecule has 3 rings (SSSR count). The summed E-state index contributed by atoms with van der Waals surface area (Å²) in [5, 5.41) is 2.96. The van der Waals surface area contributed by atoms with Crippen LogP contribution in [-0.2, 0) is 5.75 Å². The van der Waals surface area contributed by atoms with Crippen LogP contribution in [0.2, 0.25) is 0 Å². The quantitative estimate of drug-likeness (QED) is 0.340. The second-order valence-electron chi connectivity index (χ2n) is 6.75. The molecule has 3 aromatic rings. The van der Waals surface area contributed by atoms with Gasteiger partial charge in [-0.2, -0.15) is 0 Å². The Balaban J connectivity index is 1.61. The summed E-state index contributed by atoms with van der Waals surface area (Å²) in [5.41, 5.74) is 2.49. The summed E-state index contributed by atoms with van der Waals surface area (Å²) >= 11 is 1.72. The number of amides is 1. The molecule has 1 aromatic carbocycles. The molecule has 0 bridgehead atoms. The first-order chi connectivity index (χ1) is 14.1. The Labute approximate surface area is 175 Å². The van der Waals surface area contributed by atoms with Gasteiger partial charge in [-0.15, -0.1) is 18.3 Å². The Morgan fingerprint density at radius 2 is 1.97 bits per heavy atom. The van der Waals surface area contributed by atoms with Gasteiger partial charge in [0.1, 0.15) is 11.5 Å². The highest BCUT2D eigenvalue weighted by atomic mass is 32.2. The summed E-state index contributed by atoms with van der Waals surface area (Å²) in [4.78, 5) is 13.8. The van der Waals surface area contributed by atoms with Gasteiger partial charge in [-0.05, 0) is 61.7 Å². The summed E-state index contributed by atoms with van der Waals surface area (Å²) in [5.74, 6) is 2.24. The van der Waals surface area contributed by atoms with Gasteiger partial charge in [-0.1, -0.05) is 30.4 Å². The monoisotopic (exact) mass is 407 g/mol. The molecule has 0 saturated carbocycles. The van der Waals surface area contributed by atoms with Gasteiger partial charge in [0.2, 0.25) is 0 Å². The van der Waals surface area contributed by atoms with E-state index in [2.05, 4.69) is 43.9 Å². The largest absolute Gasteiger partial charge is 0.465 e. The first-order valence-corrected chi connectivity index (χ1v) is 10.5. The van der Waals surface area contributed by atoms with Crippen LogP contribution >= 0.6 is 11.8 Å². The number of aryl methyl sites for hydroxylation is 2. The fourth-order valence-electron chi connectivity index (χ4n) is 2.95. The van der Waals surface area contributed by atoms with Crippen LogP contribution in [0.4, 0.5) is 0 Å². The Morgan fingerprint density at radius 3 is 2.66 bits per heavy atom. The standard InChI is InChI=1S/C24H25NO3S/c1-4-7-19(11-12-20-10-6-15-27-20)25-24(26)22-14-13-21(28-22)16-29-23-17(2)8-5-9-18(23)3/h4-6,8-15,19H,1,7,16H2,2-3H3,(H,25,26)/b12-11+. The number of nitrogens with one attached hydrogen (secondary N) is 1. The lowest BCUT2D eigenvalue weighted by atomic mass is 10.1. The number of furan rings is 2. The lowest BCUT2D eigenvalue weighted by Crippen LogP contribution is -2.32. The van der Waals surface area contributed by atoms with E-state index >= 15 is 0 Å². The molecular formula is C24H25NO3S. The van der Waals surface area contributed by atoms with E-state index in [1.54, 1.807) is 30.2 Å². The van der Waals surface area contributed by atoms with Crippen LogP contribution in [0, 0.1) is 13.8 Å². The number of rotatable bonds is 9. The summed E-state index contributed by atoms with van der Waals surface area (Å²) in [6.45, 7) is 7.97. The maximum atomic E-state index is 12.6. The van der Waals surface area contributed by atoms with Crippen molar-refractivity contribution in [3.63, 3.8) is 0 Å². The van der Waals surface area contributed by atoms with Crippen LogP contribution in [0.3, 0.4) is 0 Å². The molecular weight excluding hydrogens is 382 g/mol. The number of hydrogen-bond donors (Lipinski definition) is 1. The van der Waals surface area contributed by atoms with E-state index in [9.17, 15) is 4.79 Å². The van der Waals surface area contributed by atoms with Crippen molar-refractivity contribution in [3.05, 3.63) is 95.9 Å². The van der Waals surface area contributed by atoms with Crippen LogP contribution in [0.15, 0.2) is 81.2 Å². The predicted octanol–water partition coefficient (Wildman–Crippen LogP) is 6.17. The molecule has 2 heterocycles. The Bertz CT molecular complexity index is 965. The molecule has 0 radical (unpaired) electrons. The third-order valence-corrected chi connectivity index (χ3v) is 5.79. The van der Waals surface area contributed by atoms with Crippen molar-refractivity contribution >= 4 is 23.7 Å². The third-order valence-electron chi connectivity index (χ3n) is 4.43. The average Bonchev–Trinajstić information content (AvgIpc) is 3.38. The van der Waals surface area contributed by atoms with E-state index in [-0.39, 0.29) is 11.9 Å². The first-order valence-electron chi connectivity index (χ1n) is 9.48. The van der Waals surface area contributed by atoms with Crippen molar-refractivity contribution in [2.75, 3.05) is 0 Å². The third kappa shape index (κ3) is 5.78. The normalized spacial score (nSPS) is 12.2. The lowest BCUT2D eigenvalue weighted by Gasteiger charge is -2.12. The highest BCUT2D eigenvalue weighted by Gasteiger charge is 2.15. The van der Waals surface area contributed by atoms with Gasteiger partial charge in [0.15, 0.2) is 5.76 Å². The van der Waals surface area contributed by atoms with Crippen molar-refractivity contribution in [3.8, 4) is 0 Å². The molecule has 0 aliphatic carbocycles. The number of thioether (sulfide) groups is 1. The number of carbonyl (C=O) groups is 1. The minimum Gasteiger partial charge on any atom is -0.465 e. The van der Waals surface area contributed by atoms with Gasteiger partial charge in [-0.3, -0.25) is 4.79 Å². The van der Waals surface area contributed by atoms with Gasteiger partial charge in [0.25, 0.3) is 5.91 Å². The number of benzene rings is 1. The molecule has 0 saturated heterocycles. The zero-order chi connectivity index (χ0) is 20.6. The second-order valence-corrected chi connectivity index (χ2v) is 7.74. The molecule has 1 unspecified atom stereocenters. The molecule has 5 heteroatoms. The fraction of sp³-hybridized carbons (Fsp3) is 0.208. The van der Waals surface area contributed by atoms with Crippen molar-refractivity contribution in [2.45, 2.75) is 37.0 Å². The van der Waals surface area contributed by atoms with E-state index in [0.717, 1.165) is 11.5 Å². The topological polar surface area (TPSA) is 55.4 Å². The summed E-state index contributed by atoms with van der Waals surface area (Å²) < 4.78 is 11.1. The summed E-state index contributed by atoms with van der Waals surface area (Å²) in [6, 6.07) is 13.3. The van der Waals surface area contributed by atoms with Crippen LogP contribution in [0.1, 0.15) is 39.6 Å². The van der Waals surface area contributed by atoms with Gasteiger partial charge in [0.05, 0.1) is 18.1 Å². The molecule has 29 heavy (non-hydrogen) atoms. The number of carbonyl (C=O) groups excluding carboxylic acids is 1. The molecule has 0 aliphatic heterocycles. The number of hydrogen-bond acceptors (Lipinski definition) is 4. The highest BCUT2D eigenvalue weighted by molar-refractivity contribution is 7.98. The zero-order valence-corrected chi connectivity index (χ0v) is 17.5. The van der Waals surface area contributed by atoms with E-state index in [4.69, 9.17) is 8.83 Å². The lowest BCUT2D eigenvalue weighted by molar-refractivity contribution is 0.0915. The van der Waals surface area contributed by atoms with E-state index in [1.807, 2.05) is 30.4 Å². The highest BCUT2D eigenvalue weighted by Crippen LogP contribution is 2.29. The van der Waals surface area contributed by atoms with Gasteiger partial charge < -0.3 is 14.2 Å². The van der Waals surface area contributed by atoms with Crippen LogP contribution in [0.25, 0.3) is 6.08 Å². The Morgan fingerprint density at radius 1 is 1.17 bits per heavy atom. The molecule has 1 amide bonds. The molecule has 4 nitrogen and oxygen atoms in total. The van der Waals surface area contributed by atoms with Gasteiger partial charge >= 0.3 is 0 Å². The summed E-state index contributed by atoms with van der Waals surface area (Å²) in [7, 11) is 0. The van der Waals surface area contributed by atoms with Gasteiger partial charge in [-0.25, -0.2) is 0 Å². The Kier molecular flexibility index (Phi) is 7.19. The smallest absolute Gasteiger partial charge is 0.287 e. The Hall–Kier alpha value is -2.92. The van der Waals surface area contributed by atoms with E-state index in [0.29, 0.717) is 17.9 Å². The minimum absolute atomic E-state index is 0.192. The zero-order valence-electron chi connectivity index (χ0n) is 16.7. The van der Waals surface area contributed by atoms with E-state index in [1.165, 1.54) is 16.0 Å². The maximum Gasteiger partial charge on any atom is 0.287 e. The van der Waals surface area contributed by atoms with Crippen molar-refractivity contribution in [2.24, 2.45) is 0 Å². The van der Waals surface area contributed by atoms with Crippen LogP contribution in [-0.4, -0.2) is 11.9 Å². The SMILES string of the molecule is C=CCC(/C=C/c1ccco1)NC(=O)c1ccc(CSc2c(C)cccc2C)o1. The summed E-state index contributed by atoms with van der Waals surface area (Å²) in [6.07, 6.45) is 7.72. The predicted molar refractivity (Wildman–Crippen MR) is 118 cm³/mol. The first kappa shape index (κ1) is 20.8. The average molecular weight is 408 g/mol. The molecule has 0 fully saturated rings. The van der Waals surface area contributed by atoms with Crippen LogP contribution in [0.5, 0.6) is 0 Å². The molecule has 150 valence electrons. The fourth-order valence-corrected chi connectivity index (χ4v) is 3.98. The molecule has 0 spiro atoms. The van der Waals surface area contributed by atoms with Crippen molar-refractivity contribution < 1.29 is 13.6 Å². The molecule has 1 atom stereocenters.